The molecule has 0 aliphatic carbocycles. The third kappa shape index (κ3) is 6.63. The molecule has 24 heavy (non-hydrogen) atoms. The standard InChI is InChI=1S/C14H14F4N2O4/c15-9-3-1-8(2-4-9)13(24)19-6-5-11(21)20-10(7-12(22)23)14(16,17)18/h1-4,10H,5-7H2,(H,19,24)(H,20,21)(H,22,23)/t10-/m1/s1. The third-order valence-electron chi connectivity index (χ3n) is 2.85. The lowest BCUT2D eigenvalue weighted by Crippen LogP contribution is -2.47. The maximum atomic E-state index is 12.7. The van der Waals surface area contributed by atoms with Crippen LogP contribution < -0.4 is 10.6 Å². The molecule has 0 radical (unpaired) electrons. The van der Waals surface area contributed by atoms with Crippen LogP contribution in [0.25, 0.3) is 0 Å². The fraction of sp³-hybridized carbons (Fsp3) is 0.357. The number of hydrogen-bond donors (Lipinski definition) is 3. The van der Waals surface area contributed by atoms with Crippen molar-refractivity contribution in [1.82, 2.24) is 10.6 Å². The van der Waals surface area contributed by atoms with E-state index in [0.29, 0.717) is 0 Å². The van der Waals surface area contributed by atoms with Gasteiger partial charge in [0.1, 0.15) is 11.9 Å². The maximum Gasteiger partial charge on any atom is 0.409 e. The van der Waals surface area contributed by atoms with Crippen LogP contribution in [0.3, 0.4) is 0 Å². The number of halogens is 4. The van der Waals surface area contributed by atoms with E-state index in [1.165, 1.54) is 12.1 Å². The van der Waals surface area contributed by atoms with Crippen molar-refractivity contribution in [3.63, 3.8) is 0 Å². The molecule has 1 atom stereocenters. The molecule has 132 valence electrons. The molecule has 0 heterocycles. The zero-order valence-electron chi connectivity index (χ0n) is 12.2. The van der Waals surface area contributed by atoms with Crippen molar-refractivity contribution in [3.05, 3.63) is 35.6 Å². The highest BCUT2D eigenvalue weighted by molar-refractivity contribution is 5.94. The molecule has 0 fully saturated rings. The number of carboxylic acids is 1. The number of nitrogens with one attached hydrogen (secondary N) is 2. The molecule has 0 aliphatic rings. The Kier molecular flexibility index (Phi) is 6.69. The number of carbonyl (C=O) groups is 3. The summed E-state index contributed by atoms with van der Waals surface area (Å²) in [5, 5.41) is 12.3. The molecule has 0 unspecified atom stereocenters. The molecule has 0 bridgehead atoms. The van der Waals surface area contributed by atoms with Crippen molar-refractivity contribution in [1.29, 1.82) is 0 Å². The monoisotopic (exact) mass is 350 g/mol. The van der Waals surface area contributed by atoms with Crippen molar-refractivity contribution < 1.29 is 37.1 Å². The summed E-state index contributed by atoms with van der Waals surface area (Å²) >= 11 is 0. The van der Waals surface area contributed by atoms with E-state index in [9.17, 15) is 31.9 Å². The van der Waals surface area contributed by atoms with E-state index in [4.69, 9.17) is 5.11 Å². The Hall–Kier alpha value is -2.65. The van der Waals surface area contributed by atoms with Gasteiger partial charge in [0.05, 0.1) is 6.42 Å². The van der Waals surface area contributed by atoms with E-state index >= 15 is 0 Å². The number of aliphatic carboxylic acids is 1. The van der Waals surface area contributed by atoms with Gasteiger partial charge in [-0.15, -0.1) is 0 Å². The van der Waals surface area contributed by atoms with Crippen LogP contribution in [0.5, 0.6) is 0 Å². The molecule has 10 heteroatoms. The highest BCUT2D eigenvalue weighted by atomic mass is 19.4. The predicted molar refractivity (Wildman–Crippen MR) is 73.6 cm³/mol. The zero-order valence-corrected chi connectivity index (χ0v) is 12.2. The molecule has 1 rings (SSSR count). The lowest BCUT2D eigenvalue weighted by molar-refractivity contribution is -0.170. The lowest BCUT2D eigenvalue weighted by atomic mass is 10.2. The molecule has 0 saturated heterocycles. The molecular formula is C14H14F4N2O4. The largest absolute Gasteiger partial charge is 0.481 e. The fourth-order valence-electron chi connectivity index (χ4n) is 1.68. The summed E-state index contributed by atoms with van der Waals surface area (Å²) in [6, 6.07) is 2.02. The zero-order chi connectivity index (χ0) is 18.3. The first kappa shape index (κ1) is 19.4. The Balaban J connectivity index is 2.46. The van der Waals surface area contributed by atoms with E-state index in [-0.39, 0.29) is 12.1 Å². The SMILES string of the molecule is O=C(O)C[C@@H](NC(=O)CCNC(=O)c1ccc(F)cc1)C(F)(F)F. The Morgan fingerprint density at radius 2 is 1.71 bits per heavy atom. The topological polar surface area (TPSA) is 95.5 Å². The summed E-state index contributed by atoms with van der Waals surface area (Å²) in [6.45, 7) is -0.264. The van der Waals surface area contributed by atoms with Gasteiger partial charge in [-0.1, -0.05) is 0 Å². The molecular weight excluding hydrogens is 336 g/mol. The minimum absolute atomic E-state index is 0.121. The van der Waals surface area contributed by atoms with E-state index in [1.54, 1.807) is 5.32 Å². The number of carboxylic acid groups (broad SMARTS) is 1. The minimum Gasteiger partial charge on any atom is -0.481 e. The highest BCUT2D eigenvalue weighted by Crippen LogP contribution is 2.22. The van der Waals surface area contributed by atoms with Crippen LogP contribution in [0, 0.1) is 5.82 Å². The summed E-state index contributed by atoms with van der Waals surface area (Å²) in [4.78, 5) is 33.5. The van der Waals surface area contributed by atoms with Crippen LogP contribution in [0.4, 0.5) is 17.6 Å². The summed E-state index contributed by atoms with van der Waals surface area (Å²) in [5.41, 5.74) is 0.121. The van der Waals surface area contributed by atoms with E-state index < -0.39 is 48.7 Å². The van der Waals surface area contributed by atoms with Crippen molar-refractivity contribution in [2.45, 2.75) is 25.1 Å². The quantitative estimate of drug-likeness (QED) is 0.649. The third-order valence-corrected chi connectivity index (χ3v) is 2.85. The van der Waals surface area contributed by atoms with Crippen molar-refractivity contribution in [2.24, 2.45) is 0 Å². The average Bonchev–Trinajstić information content (AvgIpc) is 2.45. The molecule has 6 nitrogen and oxygen atoms in total. The van der Waals surface area contributed by atoms with Gasteiger partial charge in [-0.2, -0.15) is 13.2 Å². The Labute approximate surface area is 133 Å². The average molecular weight is 350 g/mol. The maximum absolute atomic E-state index is 12.7. The van der Waals surface area contributed by atoms with Crippen LogP contribution in [0.1, 0.15) is 23.2 Å². The van der Waals surface area contributed by atoms with Gasteiger partial charge >= 0.3 is 12.1 Å². The van der Waals surface area contributed by atoms with Gasteiger partial charge in [0.25, 0.3) is 5.91 Å². The van der Waals surface area contributed by atoms with Gasteiger partial charge in [-0.3, -0.25) is 14.4 Å². The molecule has 0 saturated carbocycles. The summed E-state index contributed by atoms with van der Waals surface area (Å²) in [5.74, 6) is -3.93. The van der Waals surface area contributed by atoms with Crippen molar-refractivity contribution in [3.8, 4) is 0 Å². The first-order chi connectivity index (χ1) is 11.1. The second-order valence-corrected chi connectivity index (χ2v) is 4.77. The molecule has 0 aliphatic heterocycles. The normalized spacial score (nSPS) is 12.3. The van der Waals surface area contributed by atoms with Gasteiger partial charge < -0.3 is 15.7 Å². The van der Waals surface area contributed by atoms with Crippen LogP contribution in [-0.4, -0.2) is 41.7 Å². The predicted octanol–water partition coefficient (Wildman–Crippen LogP) is 1.47. The van der Waals surface area contributed by atoms with Gasteiger partial charge in [-0.05, 0) is 24.3 Å². The molecule has 0 spiro atoms. The number of rotatable bonds is 7. The lowest BCUT2D eigenvalue weighted by Gasteiger charge is -2.20. The van der Waals surface area contributed by atoms with Crippen LogP contribution in [-0.2, 0) is 9.59 Å². The number of amides is 2. The molecule has 0 aromatic heterocycles. The van der Waals surface area contributed by atoms with Crippen molar-refractivity contribution >= 4 is 17.8 Å². The number of alkyl halides is 3. The van der Waals surface area contributed by atoms with Gasteiger partial charge in [0.2, 0.25) is 5.91 Å². The molecule has 1 aromatic carbocycles. The molecule has 3 N–H and O–H groups in total. The summed E-state index contributed by atoms with van der Waals surface area (Å²) in [7, 11) is 0. The molecule has 2 amide bonds. The second-order valence-electron chi connectivity index (χ2n) is 4.77. The molecule has 1 aromatic rings. The Morgan fingerprint density at radius 3 is 2.21 bits per heavy atom. The van der Waals surface area contributed by atoms with E-state index in [0.717, 1.165) is 12.1 Å². The van der Waals surface area contributed by atoms with Gasteiger partial charge in [-0.25, -0.2) is 4.39 Å². The fourth-order valence-corrected chi connectivity index (χ4v) is 1.68. The van der Waals surface area contributed by atoms with Crippen molar-refractivity contribution in [2.75, 3.05) is 6.54 Å². The Morgan fingerprint density at radius 1 is 1.12 bits per heavy atom. The number of hydrogen-bond acceptors (Lipinski definition) is 3. The van der Waals surface area contributed by atoms with Gasteiger partial charge in [0.15, 0.2) is 0 Å². The first-order valence-corrected chi connectivity index (χ1v) is 6.71. The van der Waals surface area contributed by atoms with Crippen LogP contribution >= 0.6 is 0 Å². The van der Waals surface area contributed by atoms with E-state index in [2.05, 4.69) is 5.32 Å². The van der Waals surface area contributed by atoms with E-state index in [1.807, 2.05) is 0 Å². The highest BCUT2D eigenvalue weighted by Gasteiger charge is 2.41. The van der Waals surface area contributed by atoms with Crippen LogP contribution in [0.2, 0.25) is 0 Å². The first-order valence-electron chi connectivity index (χ1n) is 6.71. The minimum atomic E-state index is -4.90. The number of benzene rings is 1. The summed E-state index contributed by atoms with van der Waals surface area (Å²) < 4.78 is 50.4. The van der Waals surface area contributed by atoms with Gasteiger partial charge in [0, 0.05) is 18.5 Å². The Bertz CT molecular complexity index is 602. The smallest absolute Gasteiger partial charge is 0.409 e. The summed E-state index contributed by atoms with van der Waals surface area (Å²) in [6.07, 6.45) is -6.66. The second kappa shape index (κ2) is 8.27. The van der Waals surface area contributed by atoms with Crippen LogP contribution in [0.15, 0.2) is 24.3 Å². The number of carbonyl (C=O) groups excluding carboxylic acids is 2.